The molecule has 2 aliphatic rings. The molecule has 14 heavy (non-hydrogen) atoms. The highest BCUT2D eigenvalue weighted by atomic mass is 16.5. The van der Waals surface area contributed by atoms with Crippen LogP contribution in [0.2, 0.25) is 0 Å². The first-order chi connectivity index (χ1) is 6.86. The summed E-state index contributed by atoms with van der Waals surface area (Å²) in [5.41, 5.74) is 0. The van der Waals surface area contributed by atoms with Crippen LogP contribution in [0.5, 0.6) is 0 Å². The standard InChI is InChI=1S/C12H20O2/c13-12(10-7-8-10)9-14-11-5-3-1-2-4-6-11/h10-11H,1-9H2. The number of Topliss-reactive ketones (excluding diaryl/α,β-unsaturated/α-hetero) is 1. The number of rotatable bonds is 4. The van der Waals surface area contributed by atoms with Gasteiger partial charge in [-0.1, -0.05) is 25.7 Å². The summed E-state index contributed by atoms with van der Waals surface area (Å²) in [5, 5.41) is 0. The maximum absolute atomic E-state index is 11.4. The Balaban J connectivity index is 1.65. The second-order valence-corrected chi connectivity index (χ2v) is 4.67. The lowest BCUT2D eigenvalue weighted by molar-refractivity contribution is -0.127. The van der Waals surface area contributed by atoms with Crippen molar-refractivity contribution in [3.63, 3.8) is 0 Å². The summed E-state index contributed by atoms with van der Waals surface area (Å²) < 4.78 is 5.68. The lowest BCUT2D eigenvalue weighted by atomic mass is 10.1. The van der Waals surface area contributed by atoms with Gasteiger partial charge in [0.25, 0.3) is 0 Å². The van der Waals surface area contributed by atoms with Gasteiger partial charge < -0.3 is 4.74 Å². The van der Waals surface area contributed by atoms with Crippen LogP contribution in [-0.2, 0) is 9.53 Å². The molecule has 0 atom stereocenters. The third-order valence-corrected chi connectivity index (χ3v) is 3.30. The molecule has 0 radical (unpaired) electrons. The number of carbonyl (C=O) groups is 1. The van der Waals surface area contributed by atoms with Gasteiger partial charge in [-0.05, 0) is 25.7 Å². The Bertz CT molecular complexity index is 188. The van der Waals surface area contributed by atoms with Gasteiger partial charge in [0.05, 0.1) is 6.10 Å². The van der Waals surface area contributed by atoms with E-state index in [9.17, 15) is 4.79 Å². The Labute approximate surface area is 86.0 Å². The first-order valence-corrected chi connectivity index (χ1v) is 6.00. The third kappa shape index (κ3) is 3.09. The minimum absolute atomic E-state index is 0.342. The van der Waals surface area contributed by atoms with Crippen LogP contribution in [0.15, 0.2) is 0 Å². The lowest BCUT2D eigenvalue weighted by Crippen LogP contribution is -2.18. The first kappa shape index (κ1) is 10.2. The smallest absolute Gasteiger partial charge is 0.161 e. The van der Waals surface area contributed by atoms with E-state index in [4.69, 9.17) is 4.74 Å². The summed E-state index contributed by atoms with van der Waals surface area (Å²) in [6.07, 6.45) is 10.2. The van der Waals surface area contributed by atoms with Gasteiger partial charge in [-0.15, -0.1) is 0 Å². The van der Waals surface area contributed by atoms with E-state index in [0.29, 0.717) is 24.4 Å². The maximum Gasteiger partial charge on any atom is 0.161 e. The SMILES string of the molecule is O=C(COC1CCCCCC1)C1CC1. The Kier molecular flexibility index (Phi) is 3.57. The number of hydrogen-bond donors (Lipinski definition) is 0. The van der Waals surface area contributed by atoms with E-state index in [1.54, 1.807) is 0 Å². The molecular weight excluding hydrogens is 176 g/mol. The van der Waals surface area contributed by atoms with Crippen LogP contribution in [0.25, 0.3) is 0 Å². The normalized spacial score (nSPS) is 24.6. The van der Waals surface area contributed by atoms with Gasteiger partial charge in [0.1, 0.15) is 6.61 Å². The largest absolute Gasteiger partial charge is 0.370 e. The van der Waals surface area contributed by atoms with Crippen molar-refractivity contribution in [2.45, 2.75) is 57.5 Å². The Morgan fingerprint density at radius 2 is 1.64 bits per heavy atom. The average molecular weight is 196 g/mol. The average Bonchev–Trinajstić information content (AvgIpc) is 3.01. The van der Waals surface area contributed by atoms with Gasteiger partial charge in [-0.25, -0.2) is 0 Å². The molecule has 0 saturated heterocycles. The molecule has 0 aromatic rings. The topological polar surface area (TPSA) is 26.3 Å². The zero-order valence-electron chi connectivity index (χ0n) is 8.84. The highest BCUT2D eigenvalue weighted by Gasteiger charge is 2.29. The summed E-state index contributed by atoms with van der Waals surface area (Å²) in [6, 6.07) is 0. The molecule has 2 nitrogen and oxygen atoms in total. The monoisotopic (exact) mass is 196 g/mol. The summed E-state index contributed by atoms with van der Waals surface area (Å²) in [5.74, 6) is 0.704. The van der Waals surface area contributed by atoms with Crippen LogP contribution in [0.3, 0.4) is 0 Å². The summed E-state index contributed by atoms with van der Waals surface area (Å²) in [7, 11) is 0. The van der Waals surface area contributed by atoms with Crippen molar-refractivity contribution in [1.29, 1.82) is 0 Å². The van der Waals surface area contributed by atoms with Gasteiger partial charge in [0.2, 0.25) is 0 Å². The molecule has 0 amide bonds. The van der Waals surface area contributed by atoms with Crippen LogP contribution in [0.4, 0.5) is 0 Å². The Morgan fingerprint density at radius 3 is 2.21 bits per heavy atom. The van der Waals surface area contributed by atoms with E-state index in [1.165, 1.54) is 25.7 Å². The number of ketones is 1. The molecular formula is C12H20O2. The molecule has 0 spiro atoms. The van der Waals surface area contributed by atoms with Crippen molar-refractivity contribution in [3.8, 4) is 0 Å². The minimum Gasteiger partial charge on any atom is -0.370 e. The predicted molar refractivity (Wildman–Crippen MR) is 55.2 cm³/mol. The molecule has 0 aromatic heterocycles. The van der Waals surface area contributed by atoms with Crippen molar-refractivity contribution in [2.75, 3.05) is 6.61 Å². The molecule has 0 heterocycles. The number of ether oxygens (including phenoxy) is 1. The fraction of sp³-hybridized carbons (Fsp3) is 0.917. The van der Waals surface area contributed by atoms with Crippen LogP contribution in [0.1, 0.15) is 51.4 Å². The summed E-state index contributed by atoms with van der Waals surface area (Å²) >= 11 is 0. The maximum atomic E-state index is 11.4. The number of carbonyl (C=O) groups excluding carboxylic acids is 1. The quantitative estimate of drug-likeness (QED) is 0.646. The van der Waals surface area contributed by atoms with Crippen LogP contribution < -0.4 is 0 Å². The second-order valence-electron chi connectivity index (χ2n) is 4.67. The highest BCUT2D eigenvalue weighted by Crippen LogP contribution is 2.30. The summed E-state index contributed by atoms with van der Waals surface area (Å²) in [4.78, 5) is 11.4. The van der Waals surface area contributed by atoms with Crippen LogP contribution in [0, 0.1) is 5.92 Å². The van der Waals surface area contributed by atoms with Gasteiger partial charge in [-0.3, -0.25) is 4.79 Å². The van der Waals surface area contributed by atoms with Crippen molar-refractivity contribution in [3.05, 3.63) is 0 Å². The molecule has 0 N–H and O–H groups in total. The van der Waals surface area contributed by atoms with E-state index in [2.05, 4.69) is 0 Å². The molecule has 2 fully saturated rings. The zero-order chi connectivity index (χ0) is 9.80. The highest BCUT2D eigenvalue weighted by molar-refractivity contribution is 5.84. The van der Waals surface area contributed by atoms with Crippen LogP contribution in [-0.4, -0.2) is 18.5 Å². The van der Waals surface area contributed by atoms with Crippen molar-refractivity contribution >= 4 is 5.78 Å². The Hall–Kier alpha value is -0.370. The molecule has 2 rings (SSSR count). The van der Waals surface area contributed by atoms with Crippen molar-refractivity contribution < 1.29 is 9.53 Å². The molecule has 0 unspecified atom stereocenters. The summed E-state index contributed by atoms with van der Waals surface area (Å²) in [6.45, 7) is 0.384. The molecule has 2 saturated carbocycles. The van der Waals surface area contributed by atoms with E-state index in [1.807, 2.05) is 0 Å². The van der Waals surface area contributed by atoms with Gasteiger partial charge >= 0.3 is 0 Å². The molecule has 2 aliphatic carbocycles. The van der Waals surface area contributed by atoms with E-state index >= 15 is 0 Å². The van der Waals surface area contributed by atoms with Gasteiger partial charge in [-0.2, -0.15) is 0 Å². The fourth-order valence-corrected chi connectivity index (χ4v) is 2.13. The lowest BCUT2D eigenvalue weighted by Gasteiger charge is -2.14. The predicted octanol–water partition coefficient (Wildman–Crippen LogP) is 2.70. The fourth-order valence-electron chi connectivity index (χ4n) is 2.13. The minimum atomic E-state index is 0.342. The van der Waals surface area contributed by atoms with Crippen molar-refractivity contribution in [1.82, 2.24) is 0 Å². The number of hydrogen-bond acceptors (Lipinski definition) is 2. The molecule has 80 valence electrons. The molecule has 0 aliphatic heterocycles. The Morgan fingerprint density at radius 1 is 1.00 bits per heavy atom. The zero-order valence-corrected chi connectivity index (χ0v) is 8.84. The van der Waals surface area contributed by atoms with E-state index in [-0.39, 0.29) is 0 Å². The van der Waals surface area contributed by atoms with E-state index < -0.39 is 0 Å². The van der Waals surface area contributed by atoms with E-state index in [0.717, 1.165) is 25.7 Å². The third-order valence-electron chi connectivity index (χ3n) is 3.30. The second kappa shape index (κ2) is 4.92. The molecule has 0 aromatic carbocycles. The molecule has 0 bridgehead atoms. The van der Waals surface area contributed by atoms with Crippen LogP contribution >= 0.6 is 0 Å². The van der Waals surface area contributed by atoms with Gasteiger partial charge in [0, 0.05) is 5.92 Å². The molecule has 2 heteroatoms. The first-order valence-electron chi connectivity index (χ1n) is 6.00. The van der Waals surface area contributed by atoms with Gasteiger partial charge in [0.15, 0.2) is 5.78 Å². The van der Waals surface area contributed by atoms with Crippen molar-refractivity contribution in [2.24, 2.45) is 5.92 Å².